The van der Waals surface area contributed by atoms with Crippen molar-refractivity contribution in [1.29, 1.82) is 0 Å². The maximum absolute atomic E-state index is 5.96. The van der Waals surface area contributed by atoms with E-state index in [1.807, 2.05) is 0 Å². The molecule has 2 fully saturated rings. The first kappa shape index (κ1) is 11.4. The molecule has 0 aromatic rings. The lowest BCUT2D eigenvalue weighted by Gasteiger charge is -2.40. The van der Waals surface area contributed by atoms with Gasteiger partial charge >= 0.3 is 0 Å². The lowest BCUT2D eigenvalue weighted by molar-refractivity contribution is 0.0838. The summed E-state index contributed by atoms with van der Waals surface area (Å²) in [5.74, 6) is 0. The normalized spacial score (nSPS) is 26.0. The second kappa shape index (κ2) is 5.86. The van der Waals surface area contributed by atoms with Gasteiger partial charge in [0.25, 0.3) is 0 Å². The van der Waals surface area contributed by atoms with Crippen LogP contribution in [-0.4, -0.2) is 23.7 Å². The van der Waals surface area contributed by atoms with E-state index in [4.69, 9.17) is 5.73 Å². The van der Waals surface area contributed by atoms with E-state index in [0.29, 0.717) is 0 Å². The third-order valence-electron chi connectivity index (χ3n) is 4.30. The standard InChI is InChI=1S/C13H26N2/c14-11-15(12-7-3-1-4-8-12)13-9-5-2-6-10-13/h12-13H,1-11,14H2. The SMILES string of the molecule is NCN(C1CCCCC1)C1CCCCC1. The predicted octanol–water partition coefficient (Wildman–Crippen LogP) is 2.87. The average molecular weight is 210 g/mol. The Bertz CT molecular complexity index is 151. The molecule has 15 heavy (non-hydrogen) atoms. The van der Waals surface area contributed by atoms with Crippen molar-refractivity contribution >= 4 is 0 Å². The average Bonchev–Trinajstić information content (AvgIpc) is 2.33. The summed E-state index contributed by atoms with van der Waals surface area (Å²) in [6, 6.07) is 1.62. The van der Waals surface area contributed by atoms with Crippen LogP contribution in [0.1, 0.15) is 64.2 Å². The zero-order valence-corrected chi connectivity index (χ0v) is 9.96. The fraction of sp³-hybridized carbons (Fsp3) is 1.00. The molecule has 2 saturated carbocycles. The molecule has 2 aliphatic carbocycles. The highest BCUT2D eigenvalue weighted by molar-refractivity contribution is 4.82. The smallest absolute Gasteiger partial charge is 0.0460 e. The van der Waals surface area contributed by atoms with Crippen molar-refractivity contribution in [3.8, 4) is 0 Å². The first-order valence-corrected chi connectivity index (χ1v) is 6.87. The Morgan fingerprint density at radius 1 is 0.733 bits per heavy atom. The molecule has 0 unspecified atom stereocenters. The van der Waals surface area contributed by atoms with Crippen molar-refractivity contribution in [1.82, 2.24) is 4.90 Å². The number of rotatable bonds is 3. The first-order chi connectivity index (χ1) is 7.42. The molecule has 2 N–H and O–H groups in total. The molecular formula is C13H26N2. The molecule has 0 bridgehead atoms. The van der Waals surface area contributed by atoms with E-state index < -0.39 is 0 Å². The largest absolute Gasteiger partial charge is 0.318 e. The Morgan fingerprint density at radius 3 is 1.47 bits per heavy atom. The van der Waals surface area contributed by atoms with Crippen molar-refractivity contribution < 1.29 is 0 Å². The summed E-state index contributed by atoms with van der Waals surface area (Å²) in [6.07, 6.45) is 14.2. The molecule has 0 radical (unpaired) electrons. The molecule has 0 amide bonds. The second-order valence-corrected chi connectivity index (χ2v) is 5.28. The van der Waals surface area contributed by atoms with Gasteiger partial charge < -0.3 is 5.73 Å². The highest BCUT2D eigenvalue weighted by Gasteiger charge is 2.27. The topological polar surface area (TPSA) is 29.3 Å². The lowest BCUT2D eigenvalue weighted by Crippen LogP contribution is -2.47. The van der Waals surface area contributed by atoms with Crippen LogP contribution >= 0.6 is 0 Å². The quantitative estimate of drug-likeness (QED) is 0.726. The van der Waals surface area contributed by atoms with E-state index >= 15 is 0 Å². The fourth-order valence-electron chi connectivity index (χ4n) is 3.42. The van der Waals surface area contributed by atoms with Crippen LogP contribution in [-0.2, 0) is 0 Å². The Kier molecular flexibility index (Phi) is 4.45. The van der Waals surface area contributed by atoms with Crippen LogP contribution in [0, 0.1) is 0 Å². The highest BCUT2D eigenvalue weighted by Crippen LogP contribution is 2.29. The summed E-state index contributed by atoms with van der Waals surface area (Å²) in [6.45, 7) is 0.787. The zero-order chi connectivity index (χ0) is 10.5. The van der Waals surface area contributed by atoms with Crippen molar-refractivity contribution in [2.45, 2.75) is 76.3 Å². The van der Waals surface area contributed by atoms with Crippen molar-refractivity contribution in [3.05, 3.63) is 0 Å². The van der Waals surface area contributed by atoms with Gasteiger partial charge in [0.05, 0.1) is 0 Å². The van der Waals surface area contributed by atoms with E-state index in [9.17, 15) is 0 Å². The molecule has 0 aromatic heterocycles. The zero-order valence-electron chi connectivity index (χ0n) is 9.96. The van der Waals surface area contributed by atoms with E-state index in [1.54, 1.807) is 0 Å². The Balaban J connectivity index is 1.88. The molecular weight excluding hydrogens is 184 g/mol. The van der Waals surface area contributed by atoms with Crippen LogP contribution in [0.2, 0.25) is 0 Å². The van der Waals surface area contributed by atoms with Gasteiger partial charge in [-0.15, -0.1) is 0 Å². The van der Waals surface area contributed by atoms with E-state index in [0.717, 1.165) is 18.8 Å². The van der Waals surface area contributed by atoms with Crippen LogP contribution < -0.4 is 5.73 Å². The van der Waals surface area contributed by atoms with Crippen molar-refractivity contribution in [3.63, 3.8) is 0 Å². The summed E-state index contributed by atoms with van der Waals surface area (Å²) < 4.78 is 0. The van der Waals surface area contributed by atoms with Gasteiger partial charge in [-0.1, -0.05) is 38.5 Å². The summed E-state index contributed by atoms with van der Waals surface area (Å²) in [4.78, 5) is 2.62. The van der Waals surface area contributed by atoms with Crippen molar-refractivity contribution in [2.75, 3.05) is 6.67 Å². The second-order valence-electron chi connectivity index (χ2n) is 5.28. The van der Waals surface area contributed by atoms with Crippen LogP contribution in [0.4, 0.5) is 0 Å². The Morgan fingerprint density at radius 2 is 1.13 bits per heavy atom. The molecule has 0 spiro atoms. The predicted molar refractivity (Wildman–Crippen MR) is 64.6 cm³/mol. The molecule has 2 nitrogen and oxygen atoms in total. The molecule has 88 valence electrons. The van der Waals surface area contributed by atoms with E-state index in [2.05, 4.69) is 4.90 Å². The van der Waals surface area contributed by atoms with Crippen LogP contribution in [0.15, 0.2) is 0 Å². The van der Waals surface area contributed by atoms with Crippen LogP contribution in [0.25, 0.3) is 0 Å². The minimum atomic E-state index is 0.787. The Labute approximate surface area is 94.2 Å². The minimum absolute atomic E-state index is 0.787. The third kappa shape index (κ3) is 2.94. The van der Waals surface area contributed by atoms with Gasteiger partial charge in [0.15, 0.2) is 0 Å². The number of hydrogen-bond acceptors (Lipinski definition) is 2. The van der Waals surface area contributed by atoms with Gasteiger partial charge in [-0.3, -0.25) is 4.90 Å². The highest BCUT2D eigenvalue weighted by atomic mass is 15.2. The molecule has 0 saturated heterocycles. The summed E-state index contributed by atoms with van der Waals surface area (Å²) in [5, 5.41) is 0. The molecule has 0 aliphatic heterocycles. The fourth-order valence-corrected chi connectivity index (χ4v) is 3.42. The van der Waals surface area contributed by atoms with E-state index in [-0.39, 0.29) is 0 Å². The van der Waals surface area contributed by atoms with E-state index in [1.165, 1.54) is 64.2 Å². The van der Waals surface area contributed by atoms with Gasteiger partial charge in [-0.25, -0.2) is 0 Å². The van der Waals surface area contributed by atoms with Gasteiger partial charge in [0, 0.05) is 18.8 Å². The molecule has 0 atom stereocenters. The number of nitrogens with zero attached hydrogens (tertiary/aromatic N) is 1. The number of nitrogens with two attached hydrogens (primary N) is 1. The molecule has 2 aliphatic rings. The summed E-state index contributed by atoms with van der Waals surface area (Å²) in [5.41, 5.74) is 5.96. The molecule has 0 heterocycles. The Hall–Kier alpha value is -0.0800. The molecule has 2 heteroatoms. The van der Waals surface area contributed by atoms with Gasteiger partial charge in [-0.05, 0) is 25.7 Å². The summed E-state index contributed by atoms with van der Waals surface area (Å²) >= 11 is 0. The summed E-state index contributed by atoms with van der Waals surface area (Å²) in [7, 11) is 0. The maximum Gasteiger partial charge on any atom is 0.0460 e. The van der Waals surface area contributed by atoms with Gasteiger partial charge in [0.2, 0.25) is 0 Å². The van der Waals surface area contributed by atoms with Gasteiger partial charge in [0.1, 0.15) is 0 Å². The van der Waals surface area contributed by atoms with Gasteiger partial charge in [-0.2, -0.15) is 0 Å². The van der Waals surface area contributed by atoms with Crippen LogP contribution in [0.5, 0.6) is 0 Å². The molecule has 2 rings (SSSR count). The van der Waals surface area contributed by atoms with Crippen molar-refractivity contribution in [2.24, 2.45) is 5.73 Å². The molecule has 0 aromatic carbocycles. The maximum atomic E-state index is 5.96. The van der Waals surface area contributed by atoms with Crippen LogP contribution in [0.3, 0.4) is 0 Å². The lowest BCUT2D eigenvalue weighted by atomic mass is 9.89. The minimum Gasteiger partial charge on any atom is -0.318 e. The monoisotopic (exact) mass is 210 g/mol. The number of hydrogen-bond donors (Lipinski definition) is 1. The third-order valence-corrected chi connectivity index (χ3v) is 4.30. The first-order valence-electron chi connectivity index (χ1n) is 6.87.